The van der Waals surface area contributed by atoms with Crippen molar-refractivity contribution in [2.45, 2.75) is 39.7 Å². The average Bonchev–Trinajstić information content (AvgIpc) is 3.08. The first-order valence-electron chi connectivity index (χ1n) is 10.8. The highest BCUT2D eigenvalue weighted by Crippen LogP contribution is 2.31. The summed E-state index contributed by atoms with van der Waals surface area (Å²) in [5.74, 6) is -0.0368. The molecule has 1 aliphatic rings. The molecule has 1 aromatic heterocycles. The van der Waals surface area contributed by atoms with E-state index in [-0.39, 0.29) is 12.2 Å². The van der Waals surface area contributed by atoms with Crippen molar-refractivity contribution >= 4 is 35.0 Å². The van der Waals surface area contributed by atoms with Crippen LogP contribution in [0.4, 0.5) is 0 Å². The molecule has 0 N–H and O–H groups in total. The Labute approximate surface area is 201 Å². The van der Waals surface area contributed by atoms with Crippen LogP contribution in [0.15, 0.2) is 69.6 Å². The molecule has 2 aromatic carbocycles. The van der Waals surface area contributed by atoms with Gasteiger partial charge in [-0.1, -0.05) is 73.2 Å². The third kappa shape index (κ3) is 4.59. The molecule has 0 saturated carbocycles. The van der Waals surface area contributed by atoms with E-state index in [1.54, 1.807) is 30.5 Å². The van der Waals surface area contributed by atoms with Crippen LogP contribution in [0.3, 0.4) is 0 Å². The summed E-state index contributed by atoms with van der Waals surface area (Å²) in [6.07, 6.45) is 1.87. The lowest BCUT2D eigenvalue weighted by Gasteiger charge is -2.24. The number of hydrogen-bond acceptors (Lipinski definition) is 5. The van der Waals surface area contributed by atoms with Gasteiger partial charge < -0.3 is 4.74 Å². The Hall–Kier alpha value is -2.96. The maximum absolute atomic E-state index is 13.6. The minimum atomic E-state index is -0.636. The van der Waals surface area contributed by atoms with Crippen LogP contribution in [0, 0.1) is 0 Å². The van der Waals surface area contributed by atoms with Crippen molar-refractivity contribution in [2.24, 2.45) is 4.99 Å². The Morgan fingerprint density at radius 2 is 1.85 bits per heavy atom. The van der Waals surface area contributed by atoms with Gasteiger partial charge in [-0.05, 0) is 54.7 Å². The van der Waals surface area contributed by atoms with Gasteiger partial charge in [0.25, 0.3) is 5.56 Å². The van der Waals surface area contributed by atoms with E-state index in [0.29, 0.717) is 31.5 Å². The first kappa shape index (κ1) is 23.2. The average molecular weight is 481 g/mol. The number of rotatable bonds is 5. The largest absolute Gasteiger partial charge is 0.463 e. The fourth-order valence-electron chi connectivity index (χ4n) is 3.88. The van der Waals surface area contributed by atoms with Gasteiger partial charge in [0.05, 0.1) is 28.5 Å². The van der Waals surface area contributed by atoms with E-state index in [1.165, 1.54) is 16.9 Å². The minimum absolute atomic E-state index is 0.194. The van der Waals surface area contributed by atoms with Gasteiger partial charge in [0, 0.05) is 5.02 Å². The highest BCUT2D eigenvalue weighted by molar-refractivity contribution is 7.07. The zero-order chi connectivity index (χ0) is 23.7. The van der Waals surface area contributed by atoms with Crippen LogP contribution in [0.2, 0.25) is 5.02 Å². The molecule has 4 rings (SSSR count). The Bertz CT molecular complexity index is 1400. The van der Waals surface area contributed by atoms with E-state index in [4.69, 9.17) is 16.3 Å². The van der Waals surface area contributed by atoms with Crippen LogP contribution in [0.1, 0.15) is 56.3 Å². The van der Waals surface area contributed by atoms with E-state index in [9.17, 15) is 9.59 Å². The molecule has 1 aliphatic heterocycles. The van der Waals surface area contributed by atoms with Crippen molar-refractivity contribution in [1.29, 1.82) is 0 Å². The summed E-state index contributed by atoms with van der Waals surface area (Å²) in [7, 11) is 0. The monoisotopic (exact) mass is 480 g/mol. The predicted octanol–water partition coefficient (Wildman–Crippen LogP) is 4.58. The van der Waals surface area contributed by atoms with Crippen molar-refractivity contribution in [3.05, 3.63) is 101 Å². The normalized spacial score (nSPS) is 16.1. The standard InChI is InChI=1S/C26H25ClN2O3S/c1-5-32-25(31)22-16(4)28-26-29(23(22)19-10-12-20(27)13-11-19)24(30)21(33-26)14-17-6-8-18(9-7-17)15(2)3/h6-15,23H,5H2,1-4H3/b21-14+/t23-/m1/s1. The Balaban J connectivity index is 1.90. The van der Waals surface area contributed by atoms with Crippen molar-refractivity contribution < 1.29 is 9.53 Å². The molecule has 0 bridgehead atoms. The van der Waals surface area contributed by atoms with E-state index in [2.05, 4.69) is 31.0 Å². The lowest BCUT2D eigenvalue weighted by molar-refractivity contribution is -0.139. The van der Waals surface area contributed by atoms with Gasteiger partial charge in [-0.2, -0.15) is 0 Å². The Morgan fingerprint density at radius 3 is 2.45 bits per heavy atom. The number of benzene rings is 2. The molecule has 7 heteroatoms. The molecule has 3 aromatic rings. The molecule has 0 unspecified atom stereocenters. The van der Waals surface area contributed by atoms with Gasteiger partial charge in [0.15, 0.2) is 4.80 Å². The lowest BCUT2D eigenvalue weighted by Crippen LogP contribution is -2.39. The van der Waals surface area contributed by atoms with Crippen LogP contribution >= 0.6 is 22.9 Å². The van der Waals surface area contributed by atoms with Crippen molar-refractivity contribution in [3.63, 3.8) is 0 Å². The van der Waals surface area contributed by atoms with E-state index < -0.39 is 12.0 Å². The van der Waals surface area contributed by atoms with E-state index in [1.807, 2.05) is 30.3 Å². The second kappa shape index (κ2) is 9.49. The molecule has 0 spiro atoms. The van der Waals surface area contributed by atoms with Crippen molar-refractivity contribution in [1.82, 2.24) is 4.57 Å². The quantitative estimate of drug-likeness (QED) is 0.502. The van der Waals surface area contributed by atoms with Gasteiger partial charge >= 0.3 is 5.97 Å². The summed E-state index contributed by atoms with van der Waals surface area (Å²) < 4.78 is 7.46. The third-order valence-corrected chi connectivity index (χ3v) is 6.84. The second-order valence-corrected chi connectivity index (χ2v) is 9.62. The summed E-state index contributed by atoms with van der Waals surface area (Å²) in [5, 5.41) is 0.578. The number of hydrogen-bond donors (Lipinski definition) is 0. The molecule has 5 nitrogen and oxygen atoms in total. The molecule has 2 heterocycles. The van der Waals surface area contributed by atoms with Crippen LogP contribution in [0.5, 0.6) is 0 Å². The molecule has 0 saturated heterocycles. The fourth-order valence-corrected chi connectivity index (χ4v) is 5.05. The molecule has 33 heavy (non-hydrogen) atoms. The predicted molar refractivity (Wildman–Crippen MR) is 132 cm³/mol. The SMILES string of the molecule is CCOC(=O)C1=C(C)N=c2s/c(=C/c3ccc(C(C)C)cc3)c(=O)n2[C@@H]1c1ccc(Cl)cc1. The van der Waals surface area contributed by atoms with Crippen molar-refractivity contribution in [2.75, 3.05) is 6.61 Å². The number of allylic oxidation sites excluding steroid dienone is 1. The first-order chi connectivity index (χ1) is 15.8. The topological polar surface area (TPSA) is 60.7 Å². The fraction of sp³-hybridized carbons (Fsp3) is 0.269. The minimum Gasteiger partial charge on any atom is -0.463 e. The number of carbonyl (C=O) groups excluding carboxylic acids is 1. The summed E-state index contributed by atoms with van der Waals surface area (Å²) >= 11 is 7.41. The number of carbonyl (C=O) groups is 1. The van der Waals surface area contributed by atoms with Crippen molar-refractivity contribution in [3.8, 4) is 0 Å². The number of ether oxygens (including phenoxy) is 1. The smallest absolute Gasteiger partial charge is 0.338 e. The highest BCUT2D eigenvalue weighted by Gasteiger charge is 2.33. The van der Waals surface area contributed by atoms with Gasteiger partial charge in [-0.3, -0.25) is 9.36 Å². The molecular formula is C26H25ClN2O3S. The summed E-state index contributed by atoms with van der Waals surface area (Å²) in [5.41, 5.74) is 3.66. The van der Waals surface area contributed by atoms with Gasteiger partial charge in [0.1, 0.15) is 0 Å². The molecule has 0 radical (unpaired) electrons. The Morgan fingerprint density at radius 1 is 1.18 bits per heavy atom. The van der Waals surface area contributed by atoms with Crippen LogP contribution in [-0.2, 0) is 9.53 Å². The maximum Gasteiger partial charge on any atom is 0.338 e. The van der Waals surface area contributed by atoms with Gasteiger partial charge in [-0.15, -0.1) is 0 Å². The van der Waals surface area contributed by atoms with Gasteiger partial charge in [-0.25, -0.2) is 9.79 Å². The lowest BCUT2D eigenvalue weighted by atomic mass is 9.96. The van der Waals surface area contributed by atoms with E-state index in [0.717, 1.165) is 11.1 Å². The van der Waals surface area contributed by atoms with Crippen LogP contribution < -0.4 is 14.9 Å². The molecule has 0 amide bonds. The molecule has 0 aliphatic carbocycles. The summed E-state index contributed by atoms with van der Waals surface area (Å²) in [4.78, 5) is 31.6. The molecule has 0 fully saturated rings. The van der Waals surface area contributed by atoms with E-state index >= 15 is 0 Å². The Kier molecular flexibility index (Phi) is 6.68. The molecular weight excluding hydrogens is 456 g/mol. The molecule has 1 atom stereocenters. The van der Waals surface area contributed by atoms with Crippen LogP contribution in [0.25, 0.3) is 6.08 Å². The summed E-state index contributed by atoms with van der Waals surface area (Å²) in [6, 6.07) is 14.7. The second-order valence-electron chi connectivity index (χ2n) is 8.18. The summed E-state index contributed by atoms with van der Waals surface area (Å²) in [6.45, 7) is 8.06. The number of esters is 1. The number of aromatic nitrogens is 1. The number of fused-ring (bicyclic) bond motifs is 1. The maximum atomic E-state index is 13.6. The number of halogens is 1. The number of nitrogens with zero attached hydrogens (tertiary/aromatic N) is 2. The third-order valence-electron chi connectivity index (χ3n) is 5.60. The molecule has 170 valence electrons. The first-order valence-corrected chi connectivity index (χ1v) is 12.0. The zero-order valence-corrected chi connectivity index (χ0v) is 20.5. The van der Waals surface area contributed by atoms with Gasteiger partial charge in [0.2, 0.25) is 0 Å². The van der Waals surface area contributed by atoms with Crippen LogP contribution in [-0.4, -0.2) is 17.1 Å². The zero-order valence-electron chi connectivity index (χ0n) is 19.0. The highest BCUT2D eigenvalue weighted by atomic mass is 35.5. The number of thiazole rings is 1.